The topological polar surface area (TPSA) is 109 Å². The lowest BCUT2D eigenvalue weighted by Gasteiger charge is -2.11. The number of fused-ring (bicyclic) bond motifs is 1. The molecule has 2 aromatic carbocycles. The zero-order chi connectivity index (χ0) is 26.8. The SMILES string of the molecule is CC.CCOc1cc(S(C)=O)cnc1Nc1n[nH]c2ccccc12.O=C(Nc1ccc(Cl)cc1)C1CC1. The number of pyridine rings is 1. The number of rotatable bonds is 7. The van der Waals surface area contributed by atoms with Crippen LogP contribution in [0.1, 0.15) is 33.6 Å². The van der Waals surface area contributed by atoms with E-state index < -0.39 is 10.8 Å². The third kappa shape index (κ3) is 8.03. The first-order chi connectivity index (χ1) is 17.9. The van der Waals surface area contributed by atoms with E-state index in [-0.39, 0.29) is 11.8 Å². The van der Waals surface area contributed by atoms with Gasteiger partial charge in [-0.25, -0.2) is 4.98 Å². The maximum absolute atomic E-state index is 11.6. The molecule has 1 aliphatic rings. The second-order valence-corrected chi connectivity index (χ2v) is 9.73. The molecule has 2 aromatic heterocycles. The minimum Gasteiger partial charge on any atom is -0.490 e. The van der Waals surface area contributed by atoms with E-state index in [1.807, 2.05) is 57.2 Å². The summed E-state index contributed by atoms with van der Waals surface area (Å²) < 4.78 is 17.2. The van der Waals surface area contributed by atoms with Gasteiger partial charge in [0.05, 0.1) is 27.8 Å². The van der Waals surface area contributed by atoms with Crippen molar-refractivity contribution in [2.24, 2.45) is 5.92 Å². The third-order valence-corrected chi connectivity index (χ3v) is 6.37. The van der Waals surface area contributed by atoms with Crippen molar-refractivity contribution >= 4 is 56.5 Å². The number of carbonyl (C=O) groups excluding carboxylic acids is 1. The van der Waals surface area contributed by atoms with Crippen LogP contribution in [0.4, 0.5) is 17.3 Å². The number of carbonyl (C=O) groups is 1. The summed E-state index contributed by atoms with van der Waals surface area (Å²) in [6, 6.07) is 16.7. The van der Waals surface area contributed by atoms with Gasteiger partial charge in [-0.15, -0.1) is 0 Å². The van der Waals surface area contributed by atoms with Crippen molar-refractivity contribution in [2.45, 2.75) is 38.5 Å². The molecule has 5 rings (SSSR count). The van der Waals surface area contributed by atoms with Crippen LogP contribution in [0.3, 0.4) is 0 Å². The van der Waals surface area contributed by atoms with Crippen molar-refractivity contribution in [3.05, 3.63) is 65.8 Å². The molecule has 1 fully saturated rings. The van der Waals surface area contributed by atoms with Gasteiger partial charge in [0.1, 0.15) is 0 Å². The fraction of sp³-hybridized carbons (Fsp3) is 0.296. The van der Waals surface area contributed by atoms with Crippen molar-refractivity contribution in [1.29, 1.82) is 0 Å². The van der Waals surface area contributed by atoms with E-state index in [2.05, 4.69) is 25.8 Å². The first kappa shape index (κ1) is 28.1. The standard InChI is InChI=1S/C15H16N4O2S.C10H10ClNO.C2H6/c1-3-21-13-8-10(22(2)20)9-16-15(13)17-14-11-6-4-5-7-12(11)18-19-14;11-8-3-5-9(6-4-8)12-10(13)7-1-2-7;1-2/h4-9H,3H2,1-2H3,(H2,16,17,18,19);3-7H,1-2H2,(H,12,13);1-2H3. The van der Waals surface area contributed by atoms with Crippen LogP contribution in [-0.4, -0.2) is 38.2 Å². The molecule has 0 bridgehead atoms. The summed E-state index contributed by atoms with van der Waals surface area (Å²) in [4.78, 5) is 16.3. The summed E-state index contributed by atoms with van der Waals surface area (Å²) in [7, 11) is -1.10. The van der Waals surface area contributed by atoms with Gasteiger partial charge < -0.3 is 15.4 Å². The summed E-state index contributed by atoms with van der Waals surface area (Å²) in [5, 5.41) is 14.9. The number of amides is 1. The van der Waals surface area contributed by atoms with Crippen LogP contribution in [-0.2, 0) is 15.6 Å². The molecule has 196 valence electrons. The number of hydrogen-bond acceptors (Lipinski definition) is 6. The summed E-state index contributed by atoms with van der Waals surface area (Å²) in [5.74, 6) is 2.16. The van der Waals surface area contributed by atoms with E-state index in [9.17, 15) is 9.00 Å². The smallest absolute Gasteiger partial charge is 0.227 e. The Balaban J connectivity index is 0.000000216. The first-order valence-corrected chi connectivity index (χ1v) is 14.1. The molecule has 1 unspecified atom stereocenters. The highest BCUT2D eigenvalue weighted by atomic mass is 35.5. The van der Waals surface area contributed by atoms with Gasteiger partial charge in [-0.05, 0) is 56.2 Å². The highest BCUT2D eigenvalue weighted by Crippen LogP contribution is 2.31. The maximum Gasteiger partial charge on any atom is 0.227 e. The quantitative estimate of drug-likeness (QED) is 0.245. The first-order valence-electron chi connectivity index (χ1n) is 12.2. The number of hydrogen-bond donors (Lipinski definition) is 3. The summed E-state index contributed by atoms with van der Waals surface area (Å²) in [6.45, 7) is 6.39. The predicted octanol–water partition coefficient (Wildman–Crippen LogP) is 6.55. The molecule has 1 amide bonds. The Morgan fingerprint density at radius 3 is 2.49 bits per heavy atom. The Bertz CT molecular complexity index is 1340. The van der Waals surface area contributed by atoms with Crippen LogP contribution in [0.5, 0.6) is 5.75 Å². The van der Waals surface area contributed by atoms with E-state index in [0.717, 1.165) is 29.4 Å². The minimum atomic E-state index is -1.10. The normalized spacial score (nSPS) is 12.9. The average molecular weight is 542 g/mol. The van der Waals surface area contributed by atoms with Gasteiger partial charge in [0, 0.05) is 40.5 Å². The minimum absolute atomic E-state index is 0.127. The van der Waals surface area contributed by atoms with Crippen molar-refractivity contribution < 1.29 is 13.7 Å². The fourth-order valence-corrected chi connectivity index (χ4v) is 3.84. The van der Waals surface area contributed by atoms with Gasteiger partial charge in [0.25, 0.3) is 0 Å². The van der Waals surface area contributed by atoms with E-state index in [0.29, 0.717) is 33.9 Å². The second-order valence-electron chi connectivity index (χ2n) is 7.92. The molecular weight excluding hydrogens is 510 g/mol. The molecule has 0 aliphatic heterocycles. The van der Waals surface area contributed by atoms with Crippen LogP contribution in [0.2, 0.25) is 5.02 Å². The zero-order valence-electron chi connectivity index (χ0n) is 21.4. The number of nitrogens with one attached hydrogen (secondary N) is 3. The van der Waals surface area contributed by atoms with Crippen LogP contribution in [0.15, 0.2) is 65.7 Å². The number of halogens is 1. The lowest BCUT2D eigenvalue weighted by atomic mass is 10.2. The zero-order valence-corrected chi connectivity index (χ0v) is 22.9. The molecule has 0 radical (unpaired) electrons. The van der Waals surface area contributed by atoms with Crippen molar-refractivity contribution in [3.63, 3.8) is 0 Å². The number of para-hydroxylation sites is 1. The predicted molar refractivity (Wildman–Crippen MR) is 151 cm³/mol. The van der Waals surface area contributed by atoms with Gasteiger partial charge in [0.15, 0.2) is 17.4 Å². The van der Waals surface area contributed by atoms with Gasteiger partial charge in [-0.3, -0.25) is 14.1 Å². The lowest BCUT2D eigenvalue weighted by Crippen LogP contribution is -2.12. The molecule has 10 heteroatoms. The molecule has 37 heavy (non-hydrogen) atoms. The molecular formula is C27H32ClN5O3S. The van der Waals surface area contributed by atoms with Crippen LogP contribution in [0, 0.1) is 5.92 Å². The van der Waals surface area contributed by atoms with Gasteiger partial charge >= 0.3 is 0 Å². The van der Waals surface area contributed by atoms with Gasteiger partial charge in [-0.1, -0.05) is 37.6 Å². The molecule has 0 spiro atoms. The summed E-state index contributed by atoms with van der Waals surface area (Å²) in [6.07, 6.45) is 5.25. The van der Waals surface area contributed by atoms with Crippen molar-refractivity contribution in [2.75, 3.05) is 23.5 Å². The average Bonchev–Trinajstić information content (AvgIpc) is 3.70. The van der Waals surface area contributed by atoms with Gasteiger partial charge in [0.2, 0.25) is 5.91 Å². The number of ether oxygens (including phenoxy) is 1. The second kappa shape index (κ2) is 13.8. The Hall–Kier alpha value is -3.43. The number of nitrogens with zero attached hydrogens (tertiary/aromatic N) is 2. The lowest BCUT2D eigenvalue weighted by molar-refractivity contribution is -0.117. The maximum atomic E-state index is 11.6. The number of aromatic amines is 1. The van der Waals surface area contributed by atoms with Crippen molar-refractivity contribution in [1.82, 2.24) is 15.2 Å². The molecule has 1 saturated carbocycles. The largest absolute Gasteiger partial charge is 0.490 e. The molecule has 4 aromatic rings. The number of aromatic nitrogens is 3. The number of anilines is 3. The monoisotopic (exact) mass is 541 g/mol. The Kier molecular flexibility index (Phi) is 10.5. The molecule has 3 N–H and O–H groups in total. The molecule has 1 aliphatic carbocycles. The molecule has 8 nitrogen and oxygen atoms in total. The highest BCUT2D eigenvalue weighted by Gasteiger charge is 2.29. The molecule has 2 heterocycles. The van der Waals surface area contributed by atoms with Crippen molar-refractivity contribution in [3.8, 4) is 5.75 Å². The Morgan fingerprint density at radius 1 is 1.14 bits per heavy atom. The van der Waals surface area contributed by atoms with Crippen LogP contribution in [0.25, 0.3) is 10.9 Å². The van der Waals surface area contributed by atoms with E-state index in [4.69, 9.17) is 16.3 Å². The fourth-order valence-electron chi connectivity index (χ4n) is 3.24. The summed E-state index contributed by atoms with van der Waals surface area (Å²) in [5.41, 5.74) is 1.76. The number of benzene rings is 2. The molecule has 1 atom stereocenters. The van der Waals surface area contributed by atoms with E-state index >= 15 is 0 Å². The molecule has 0 saturated heterocycles. The van der Waals surface area contributed by atoms with Crippen LogP contribution >= 0.6 is 11.6 Å². The van der Waals surface area contributed by atoms with E-state index in [1.165, 1.54) is 0 Å². The van der Waals surface area contributed by atoms with Gasteiger partial charge in [-0.2, -0.15) is 5.10 Å². The number of H-pyrrole nitrogens is 1. The third-order valence-electron chi connectivity index (χ3n) is 5.23. The highest BCUT2D eigenvalue weighted by molar-refractivity contribution is 7.84. The van der Waals surface area contributed by atoms with Crippen LogP contribution < -0.4 is 15.4 Å². The Labute approximate surface area is 224 Å². The summed E-state index contributed by atoms with van der Waals surface area (Å²) >= 11 is 5.71. The van der Waals surface area contributed by atoms with E-state index in [1.54, 1.807) is 30.7 Å². The Morgan fingerprint density at radius 2 is 1.84 bits per heavy atom.